The number of ketones is 1. The van der Waals surface area contributed by atoms with Crippen LogP contribution in [-0.2, 0) is 14.3 Å². The normalized spacial score (nSPS) is 14.0. The number of rotatable bonds is 4. The van der Waals surface area contributed by atoms with E-state index in [0.717, 1.165) is 5.56 Å². The molecule has 27 heavy (non-hydrogen) atoms. The van der Waals surface area contributed by atoms with Gasteiger partial charge in [-0.3, -0.25) is 19.3 Å². The van der Waals surface area contributed by atoms with Crippen LogP contribution in [0.25, 0.3) is 0 Å². The molecule has 3 rings (SSSR count). The zero-order valence-corrected chi connectivity index (χ0v) is 15.1. The standard InChI is InChI=1S/C20H18N2O5/c1-11-6-4-9-15-16(11)22(19(25)17(15)23)12(2)18(24)21-14-8-5-7-13(10-14)20(26)27-3/h4-10,12H,1-3H3,(H,21,24). The molecule has 0 aliphatic carbocycles. The van der Waals surface area contributed by atoms with E-state index >= 15 is 0 Å². The second kappa shape index (κ2) is 7.03. The molecule has 0 saturated carbocycles. The van der Waals surface area contributed by atoms with Crippen LogP contribution in [0.4, 0.5) is 11.4 Å². The summed E-state index contributed by atoms with van der Waals surface area (Å²) < 4.78 is 4.66. The Hall–Kier alpha value is -3.48. The summed E-state index contributed by atoms with van der Waals surface area (Å²) in [5.41, 5.74) is 2.17. The van der Waals surface area contributed by atoms with Crippen LogP contribution in [0.15, 0.2) is 42.5 Å². The number of carbonyl (C=O) groups excluding carboxylic acids is 4. The van der Waals surface area contributed by atoms with E-state index in [1.165, 1.54) is 18.1 Å². The van der Waals surface area contributed by atoms with Gasteiger partial charge in [-0.1, -0.05) is 18.2 Å². The number of hydrogen-bond donors (Lipinski definition) is 1. The Labute approximate surface area is 155 Å². The number of carbonyl (C=O) groups is 4. The molecular formula is C20H18N2O5. The minimum absolute atomic E-state index is 0.288. The van der Waals surface area contributed by atoms with Gasteiger partial charge in [-0.25, -0.2) is 4.79 Å². The average molecular weight is 366 g/mol. The van der Waals surface area contributed by atoms with E-state index in [1.54, 1.807) is 50.2 Å². The van der Waals surface area contributed by atoms with Gasteiger partial charge in [0.1, 0.15) is 6.04 Å². The smallest absolute Gasteiger partial charge is 0.337 e. The summed E-state index contributed by atoms with van der Waals surface area (Å²) >= 11 is 0. The fourth-order valence-corrected chi connectivity index (χ4v) is 3.06. The predicted octanol–water partition coefficient (Wildman–Crippen LogP) is 2.34. The van der Waals surface area contributed by atoms with Gasteiger partial charge in [-0.2, -0.15) is 0 Å². The summed E-state index contributed by atoms with van der Waals surface area (Å²) in [6.07, 6.45) is 0. The van der Waals surface area contributed by atoms with E-state index < -0.39 is 29.6 Å². The molecule has 0 saturated heterocycles. The third-order valence-electron chi connectivity index (χ3n) is 4.45. The highest BCUT2D eigenvalue weighted by atomic mass is 16.5. The lowest BCUT2D eigenvalue weighted by molar-refractivity contribution is -0.120. The lowest BCUT2D eigenvalue weighted by Crippen LogP contribution is -2.45. The zero-order valence-electron chi connectivity index (χ0n) is 15.1. The Bertz CT molecular complexity index is 967. The Morgan fingerprint density at radius 2 is 1.81 bits per heavy atom. The molecule has 0 spiro atoms. The van der Waals surface area contributed by atoms with Gasteiger partial charge in [-0.15, -0.1) is 0 Å². The number of anilines is 2. The molecule has 0 bridgehead atoms. The van der Waals surface area contributed by atoms with Gasteiger partial charge >= 0.3 is 5.97 Å². The van der Waals surface area contributed by atoms with Crippen LogP contribution < -0.4 is 10.2 Å². The highest BCUT2D eigenvalue weighted by Gasteiger charge is 2.41. The molecule has 1 aliphatic heterocycles. The third kappa shape index (κ3) is 3.19. The van der Waals surface area contributed by atoms with Crippen molar-refractivity contribution in [2.24, 2.45) is 0 Å². The number of nitrogens with one attached hydrogen (secondary N) is 1. The topological polar surface area (TPSA) is 92.8 Å². The highest BCUT2D eigenvalue weighted by molar-refractivity contribution is 6.53. The molecule has 2 aromatic rings. The first kappa shape index (κ1) is 18.3. The van der Waals surface area contributed by atoms with E-state index in [1.807, 2.05) is 0 Å². The van der Waals surface area contributed by atoms with E-state index in [-0.39, 0.29) is 5.56 Å². The molecular weight excluding hydrogens is 348 g/mol. The molecule has 138 valence electrons. The first-order chi connectivity index (χ1) is 12.8. The van der Waals surface area contributed by atoms with Crippen LogP contribution in [0.3, 0.4) is 0 Å². The van der Waals surface area contributed by atoms with Crippen molar-refractivity contribution in [2.75, 3.05) is 17.3 Å². The Kier molecular flexibility index (Phi) is 4.77. The third-order valence-corrected chi connectivity index (χ3v) is 4.45. The molecule has 7 nitrogen and oxygen atoms in total. The highest BCUT2D eigenvalue weighted by Crippen LogP contribution is 2.34. The van der Waals surface area contributed by atoms with Crippen molar-refractivity contribution in [2.45, 2.75) is 19.9 Å². The van der Waals surface area contributed by atoms with E-state index in [4.69, 9.17) is 0 Å². The van der Waals surface area contributed by atoms with Gasteiger partial charge in [0.25, 0.3) is 11.7 Å². The molecule has 1 atom stereocenters. The summed E-state index contributed by atoms with van der Waals surface area (Å²) in [5.74, 6) is -2.36. The van der Waals surface area contributed by atoms with Crippen molar-refractivity contribution in [3.05, 3.63) is 59.2 Å². The zero-order chi connectivity index (χ0) is 19.7. The van der Waals surface area contributed by atoms with Crippen molar-refractivity contribution in [1.29, 1.82) is 0 Å². The molecule has 0 radical (unpaired) electrons. The van der Waals surface area contributed by atoms with Gasteiger partial charge in [0.05, 0.1) is 23.9 Å². The lowest BCUT2D eigenvalue weighted by Gasteiger charge is -2.25. The number of benzene rings is 2. The molecule has 0 aromatic heterocycles. The van der Waals surface area contributed by atoms with E-state index in [0.29, 0.717) is 16.9 Å². The molecule has 1 unspecified atom stereocenters. The van der Waals surface area contributed by atoms with E-state index in [9.17, 15) is 19.2 Å². The fourth-order valence-electron chi connectivity index (χ4n) is 3.06. The molecule has 1 N–H and O–H groups in total. The number of ether oxygens (including phenoxy) is 1. The van der Waals surface area contributed by atoms with Gasteiger partial charge < -0.3 is 10.1 Å². The Morgan fingerprint density at radius 3 is 2.52 bits per heavy atom. The first-order valence-electron chi connectivity index (χ1n) is 8.32. The number of aryl methyl sites for hydroxylation is 1. The summed E-state index contributed by atoms with van der Waals surface area (Å²) in [7, 11) is 1.27. The summed E-state index contributed by atoms with van der Waals surface area (Å²) in [6.45, 7) is 3.33. The second-order valence-corrected chi connectivity index (χ2v) is 6.21. The maximum Gasteiger partial charge on any atom is 0.337 e. The Morgan fingerprint density at radius 1 is 1.11 bits per heavy atom. The SMILES string of the molecule is COC(=O)c1cccc(NC(=O)C(C)N2C(=O)C(=O)c3cccc(C)c32)c1. The van der Waals surface area contributed by atoms with E-state index in [2.05, 4.69) is 10.1 Å². The number of esters is 1. The molecule has 1 aliphatic rings. The number of amides is 2. The average Bonchev–Trinajstić information content (AvgIpc) is 2.93. The van der Waals surface area contributed by atoms with Crippen LogP contribution in [0, 0.1) is 6.92 Å². The van der Waals surface area contributed by atoms with Crippen LogP contribution in [0.5, 0.6) is 0 Å². The predicted molar refractivity (Wildman–Crippen MR) is 98.9 cm³/mol. The number of para-hydroxylation sites is 1. The number of fused-ring (bicyclic) bond motifs is 1. The van der Waals surface area contributed by atoms with Crippen molar-refractivity contribution in [3.63, 3.8) is 0 Å². The van der Waals surface area contributed by atoms with Crippen molar-refractivity contribution < 1.29 is 23.9 Å². The van der Waals surface area contributed by atoms with Crippen LogP contribution in [-0.4, -0.2) is 36.7 Å². The first-order valence-corrected chi connectivity index (χ1v) is 8.32. The largest absolute Gasteiger partial charge is 0.465 e. The maximum atomic E-state index is 12.7. The van der Waals surface area contributed by atoms with Gasteiger partial charge in [0.15, 0.2) is 0 Å². The quantitative estimate of drug-likeness (QED) is 0.662. The van der Waals surface area contributed by atoms with Crippen molar-refractivity contribution >= 4 is 34.9 Å². The molecule has 7 heteroatoms. The maximum absolute atomic E-state index is 12.7. The van der Waals surface area contributed by atoms with Crippen molar-refractivity contribution in [1.82, 2.24) is 0 Å². The van der Waals surface area contributed by atoms with Crippen LogP contribution >= 0.6 is 0 Å². The molecule has 0 fully saturated rings. The number of hydrogen-bond acceptors (Lipinski definition) is 5. The minimum atomic E-state index is -0.911. The molecule has 2 aromatic carbocycles. The molecule has 2 amide bonds. The van der Waals surface area contributed by atoms with Crippen molar-refractivity contribution in [3.8, 4) is 0 Å². The molecule has 1 heterocycles. The summed E-state index contributed by atoms with van der Waals surface area (Å²) in [5, 5.41) is 2.67. The Balaban J connectivity index is 1.86. The number of Topliss-reactive ketones (excluding diaryl/α,β-unsaturated/α-hetero) is 1. The summed E-state index contributed by atoms with van der Waals surface area (Å²) in [4.78, 5) is 50.2. The van der Waals surface area contributed by atoms with Crippen LogP contribution in [0.2, 0.25) is 0 Å². The lowest BCUT2D eigenvalue weighted by atomic mass is 10.1. The van der Waals surface area contributed by atoms with Crippen LogP contribution in [0.1, 0.15) is 33.2 Å². The number of methoxy groups -OCH3 is 1. The minimum Gasteiger partial charge on any atom is -0.465 e. The second-order valence-electron chi connectivity index (χ2n) is 6.21. The monoisotopic (exact) mass is 366 g/mol. The number of nitrogens with zero attached hydrogens (tertiary/aromatic N) is 1. The van der Waals surface area contributed by atoms with Gasteiger partial charge in [0.2, 0.25) is 5.91 Å². The van der Waals surface area contributed by atoms with Gasteiger partial charge in [-0.05, 0) is 43.7 Å². The summed E-state index contributed by atoms with van der Waals surface area (Å²) in [6, 6.07) is 10.4. The fraction of sp³-hybridized carbons (Fsp3) is 0.200. The van der Waals surface area contributed by atoms with Gasteiger partial charge in [0, 0.05) is 5.69 Å².